The Labute approximate surface area is 169 Å². The normalized spacial score (nSPS) is 18.2. The summed E-state index contributed by atoms with van der Waals surface area (Å²) in [6.07, 6.45) is 6.56. The van der Waals surface area contributed by atoms with Gasteiger partial charge in [-0.25, -0.2) is 8.42 Å². The Morgan fingerprint density at radius 2 is 2.14 bits per heavy atom. The molecule has 0 radical (unpaired) electrons. The Hall–Kier alpha value is -2.66. The Balaban J connectivity index is 1.47. The predicted octanol–water partition coefficient (Wildman–Crippen LogP) is 1.36. The maximum Gasteiger partial charge on any atom is 0.246 e. The number of rotatable bonds is 6. The first-order valence-electron chi connectivity index (χ1n) is 9.69. The molecular formula is C18H24N8O2S. The van der Waals surface area contributed by atoms with Crippen LogP contribution in [0.5, 0.6) is 0 Å². The minimum atomic E-state index is -3.57. The molecule has 4 heterocycles. The lowest BCUT2D eigenvalue weighted by molar-refractivity contribution is 0.231. The van der Waals surface area contributed by atoms with Gasteiger partial charge in [0.05, 0.1) is 18.4 Å². The van der Waals surface area contributed by atoms with E-state index in [1.807, 2.05) is 19.1 Å². The van der Waals surface area contributed by atoms with E-state index >= 15 is 0 Å². The van der Waals surface area contributed by atoms with Crippen LogP contribution in [0.3, 0.4) is 0 Å². The second-order valence-corrected chi connectivity index (χ2v) is 9.10. The van der Waals surface area contributed by atoms with Gasteiger partial charge in [-0.3, -0.25) is 9.67 Å². The number of hydrogen-bond acceptors (Lipinski definition) is 7. The number of sulfonamides is 1. The van der Waals surface area contributed by atoms with Gasteiger partial charge >= 0.3 is 0 Å². The Morgan fingerprint density at radius 3 is 2.86 bits per heavy atom. The first-order chi connectivity index (χ1) is 14.0. The maximum absolute atomic E-state index is 13.1. The van der Waals surface area contributed by atoms with Crippen LogP contribution < -0.4 is 0 Å². The molecule has 0 spiro atoms. The molecule has 4 rings (SSSR count). The van der Waals surface area contributed by atoms with E-state index in [4.69, 9.17) is 0 Å². The van der Waals surface area contributed by atoms with Crippen LogP contribution in [0.1, 0.15) is 25.5 Å². The predicted molar refractivity (Wildman–Crippen MR) is 105 cm³/mol. The smallest absolute Gasteiger partial charge is 0.246 e. The fraction of sp³-hybridized carbons (Fsp3) is 0.500. The lowest BCUT2D eigenvalue weighted by atomic mass is 10.00. The first kappa shape index (κ1) is 19.6. The van der Waals surface area contributed by atoms with Crippen molar-refractivity contribution in [1.29, 1.82) is 0 Å². The van der Waals surface area contributed by atoms with Gasteiger partial charge in [0.15, 0.2) is 0 Å². The van der Waals surface area contributed by atoms with E-state index in [1.165, 1.54) is 6.20 Å². The van der Waals surface area contributed by atoms with E-state index in [1.54, 1.807) is 33.1 Å². The standard InChI is InChI=1S/C18H24N8O2S/c1-3-25-14(2)17(11-20-25)29(27,28)24-9-5-6-15(12-24)13-26-22-18(21-23-26)16-7-4-8-19-10-16/h4,7-8,10-11,15H,3,5-6,9,12-13H2,1-2H3/t15-/m1/s1. The zero-order valence-corrected chi connectivity index (χ0v) is 17.3. The third-order valence-corrected chi connectivity index (χ3v) is 7.22. The quantitative estimate of drug-likeness (QED) is 0.596. The fourth-order valence-electron chi connectivity index (χ4n) is 3.70. The van der Waals surface area contributed by atoms with E-state index in [0.29, 0.717) is 37.7 Å². The van der Waals surface area contributed by atoms with Gasteiger partial charge in [0, 0.05) is 37.6 Å². The molecular weight excluding hydrogens is 392 g/mol. The van der Waals surface area contributed by atoms with Gasteiger partial charge in [-0.1, -0.05) is 0 Å². The SMILES string of the molecule is CCn1ncc(S(=O)(=O)N2CCC[C@@H](Cn3nnc(-c4cccnc4)n3)C2)c1C. The summed E-state index contributed by atoms with van der Waals surface area (Å²) in [7, 11) is -3.57. The second kappa shape index (κ2) is 7.99. The van der Waals surface area contributed by atoms with E-state index in [2.05, 4.69) is 25.5 Å². The zero-order chi connectivity index (χ0) is 20.4. The summed E-state index contributed by atoms with van der Waals surface area (Å²) in [4.78, 5) is 5.90. The fourth-order valence-corrected chi connectivity index (χ4v) is 5.41. The number of pyridine rings is 1. The van der Waals surface area contributed by atoms with Crippen LogP contribution in [0, 0.1) is 12.8 Å². The molecule has 3 aromatic heterocycles. The molecule has 1 atom stereocenters. The zero-order valence-electron chi connectivity index (χ0n) is 16.5. The van der Waals surface area contributed by atoms with Crippen LogP contribution in [0.2, 0.25) is 0 Å². The van der Waals surface area contributed by atoms with E-state index < -0.39 is 10.0 Å². The number of piperidine rings is 1. The molecule has 1 aliphatic heterocycles. The molecule has 154 valence electrons. The van der Waals surface area contributed by atoms with Crippen molar-refractivity contribution in [2.45, 2.75) is 44.7 Å². The molecule has 0 saturated carbocycles. The molecule has 1 aliphatic rings. The lowest BCUT2D eigenvalue weighted by Crippen LogP contribution is -2.41. The van der Waals surface area contributed by atoms with Crippen LogP contribution in [0.4, 0.5) is 0 Å². The summed E-state index contributed by atoms with van der Waals surface area (Å²) in [5.74, 6) is 0.636. The average Bonchev–Trinajstić information content (AvgIpc) is 3.35. The van der Waals surface area contributed by atoms with Gasteiger partial charge in [-0.2, -0.15) is 14.2 Å². The van der Waals surface area contributed by atoms with Gasteiger partial charge in [0.25, 0.3) is 0 Å². The molecule has 0 aliphatic carbocycles. The first-order valence-corrected chi connectivity index (χ1v) is 11.1. The van der Waals surface area contributed by atoms with Crippen molar-refractivity contribution in [2.75, 3.05) is 13.1 Å². The Morgan fingerprint density at radius 1 is 1.28 bits per heavy atom. The summed E-state index contributed by atoms with van der Waals surface area (Å²) in [5, 5.41) is 16.8. The monoisotopic (exact) mass is 416 g/mol. The van der Waals surface area contributed by atoms with E-state index in [0.717, 1.165) is 18.4 Å². The molecule has 10 nitrogen and oxygen atoms in total. The number of aromatic nitrogens is 7. The summed E-state index contributed by atoms with van der Waals surface area (Å²) in [6, 6.07) is 3.70. The summed E-state index contributed by atoms with van der Waals surface area (Å²) >= 11 is 0. The summed E-state index contributed by atoms with van der Waals surface area (Å²) in [6.45, 7) is 5.85. The van der Waals surface area contributed by atoms with Gasteiger partial charge in [0.1, 0.15) is 4.90 Å². The van der Waals surface area contributed by atoms with E-state index in [9.17, 15) is 8.42 Å². The molecule has 0 bridgehead atoms. The molecule has 0 aromatic carbocycles. The number of aryl methyl sites for hydroxylation is 1. The summed E-state index contributed by atoms with van der Waals surface area (Å²) in [5.41, 5.74) is 1.48. The third kappa shape index (κ3) is 3.92. The van der Waals surface area contributed by atoms with Crippen molar-refractivity contribution in [2.24, 2.45) is 5.92 Å². The van der Waals surface area contributed by atoms with Crippen molar-refractivity contribution in [1.82, 2.24) is 39.3 Å². The van der Waals surface area contributed by atoms with Crippen molar-refractivity contribution < 1.29 is 8.42 Å². The topological polar surface area (TPSA) is 112 Å². The number of hydrogen-bond donors (Lipinski definition) is 0. The van der Waals surface area contributed by atoms with Crippen LogP contribution >= 0.6 is 0 Å². The average molecular weight is 417 g/mol. The molecule has 3 aromatic rings. The molecule has 0 unspecified atom stereocenters. The highest BCUT2D eigenvalue weighted by Gasteiger charge is 2.33. The number of tetrazole rings is 1. The van der Waals surface area contributed by atoms with Crippen molar-refractivity contribution in [3.8, 4) is 11.4 Å². The van der Waals surface area contributed by atoms with Crippen molar-refractivity contribution in [3.63, 3.8) is 0 Å². The second-order valence-electron chi connectivity index (χ2n) is 7.19. The molecule has 0 N–H and O–H groups in total. The molecule has 1 saturated heterocycles. The molecule has 29 heavy (non-hydrogen) atoms. The Bertz CT molecular complexity index is 1080. The largest absolute Gasteiger partial charge is 0.269 e. The highest BCUT2D eigenvalue weighted by molar-refractivity contribution is 7.89. The molecule has 11 heteroatoms. The number of nitrogens with zero attached hydrogens (tertiary/aromatic N) is 8. The summed E-state index contributed by atoms with van der Waals surface area (Å²) < 4.78 is 29.5. The molecule has 1 fully saturated rings. The highest BCUT2D eigenvalue weighted by atomic mass is 32.2. The highest BCUT2D eigenvalue weighted by Crippen LogP contribution is 2.26. The lowest BCUT2D eigenvalue weighted by Gasteiger charge is -2.31. The third-order valence-electron chi connectivity index (χ3n) is 5.25. The van der Waals surface area contributed by atoms with Crippen LogP contribution in [-0.4, -0.2) is 60.8 Å². The minimum Gasteiger partial charge on any atom is -0.269 e. The maximum atomic E-state index is 13.1. The van der Waals surface area contributed by atoms with Crippen LogP contribution in [0.25, 0.3) is 11.4 Å². The van der Waals surface area contributed by atoms with Crippen LogP contribution in [0.15, 0.2) is 35.6 Å². The minimum absolute atomic E-state index is 0.121. The Kier molecular flexibility index (Phi) is 5.41. The van der Waals surface area contributed by atoms with Crippen molar-refractivity contribution >= 4 is 10.0 Å². The van der Waals surface area contributed by atoms with Crippen LogP contribution in [-0.2, 0) is 23.1 Å². The van der Waals surface area contributed by atoms with Crippen molar-refractivity contribution in [3.05, 3.63) is 36.4 Å². The van der Waals surface area contributed by atoms with Gasteiger partial charge < -0.3 is 0 Å². The van der Waals surface area contributed by atoms with Gasteiger partial charge in [0.2, 0.25) is 15.8 Å². The van der Waals surface area contributed by atoms with Gasteiger partial charge in [-0.05, 0) is 50.0 Å². The van der Waals surface area contributed by atoms with E-state index in [-0.39, 0.29) is 10.8 Å². The molecule has 0 amide bonds. The van der Waals surface area contributed by atoms with Gasteiger partial charge in [-0.15, -0.1) is 10.2 Å².